The Bertz CT molecular complexity index is 1010. The third-order valence-corrected chi connectivity index (χ3v) is 6.77. The van der Waals surface area contributed by atoms with Gasteiger partial charge >= 0.3 is 11.9 Å². The van der Waals surface area contributed by atoms with Crippen molar-refractivity contribution in [1.82, 2.24) is 15.0 Å². The molecule has 10 heteroatoms. The first-order chi connectivity index (χ1) is 15.7. The average Bonchev–Trinajstić information content (AvgIpc) is 3.21. The van der Waals surface area contributed by atoms with E-state index in [4.69, 9.17) is 26.2 Å². The summed E-state index contributed by atoms with van der Waals surface area (Å²) >= 11 is 7.75. The second-order valence-corrected chi connectivity index (χ2v) is 9.97. The van der Waals surface area contributed by atoms with Crippen molar-refractivity contribution in [1.29, 1.82) is 0 Å². The van der Waals surface area contributed by atoms with Crippen molar-refractivity contribution < 1.29 is 24.2 Å². The number of carbonyl (C=O) groups is 2. The molecule has 0 spiro atoms. The van der Waals surface area contributed by atoms with Crippen LogP contribution in [0.25, 0.3) is 0 Å². The predicted molar refractivity (Wildman–Crippen MR) is 124 cm³/mol. The van der Waals surface area contributed by atoms with Gasteiger partial charge in [-0.2, -0.15) is 4.98 Å². The standard InChI is InChI=1S/C23H28ClN3O5S/c1-14-10-25-11-17(24)16(14)12-33-22-26-18-7-4-6-15(18)20(27-22)31-13-32-21(30)23(2,3)9-5-8-19(28)29/h10-11H,4-9,12-13H2,1-3H3,(H,28,29). The minimum atomic E-state index is -0.879. The highest BCUT2D eigenvalue weighted by molar-refractivity contribution is 7.98. The topological polar surface area (TPSA) is 112 Å². The summed E-state index contributed by atoms with van der Waals surface area (Å²) in [6.45, 7) is 5.18. The van der Waals surface area contributed by atoms with Gasteiger partial charge in [-0.3, -0.25) is 14.6 Å². The third kappa shape index (κ3) is 6.80. The molecule has 0 saturated carbocycles. The molecule has 0 unspecified atom stereocenters. The van der Waals surface area contributed by atoms with Gasteiger partial charge in [0.05, 0.1) is 16.1 Å². The molecule has 33 heavy (non-hydrogen) atoms. The van der Waals surface area contributed by atoms with Crippen LogP contribution in [0.4, 0.5) is 0 Å². The zero-order valence-electron chi connectivity index (χ0n) is 19.0. The monoisotopic (exact) mass is 493 g/mol. The second-order valence-electron chi connectivity index (χ2n) is 8.62. The van der Waals surface area contributed by atoms with Crippen molar-refractivity contribution in [2.24, 2.45) is 5.41 Å². The van der Waals surface area contributed by atoms with Crippen molar-refractivity contribution in [3.63, 3.8) is 0 Å². The molecule has 0 amide bonds. The van der Waals surface area contributed by atoms with Crippen molar-refractivity contribution in [2.75, 3.05) is 6.79 Å². The number of aliphatic carboxylic acids is 1. The number of hydrogen-bond donors (Lipinski definition) is 1. The van der Waals surface area contributed by atoms with E-state index in [0.717, 1.165) is 41.6 Å². The highest BCUT2D eigenvalue weighted by atomic mass is 35.5. The Balaban J connectivity index is 1.62. The van der Waals surface area contributed by atoms with E-state index in [0.29, 0.717) is 34.7 Å². The Morgan fingerprint density at radius 2 is 2.03 bits per heavy atom. The van der Waals surface area contributed by atoms with Gasteiger partial charge in [-0.25, -0.2) is 4.98 Å². The molecule has 0 bridgehead atoms. The number of carboxylic acid groups (broad SMARTS) is 1. The van der Waals surface area contributed by atoms with E-state index in [1.807, 2.05) is 6.92 Å². The molecule has 2 heterocycles. The Morgan fingerprint density at radius 1 is 1.24 bits per heavy atom. The fourth-order valence-corrected chi connectivity index (χ4v) is 4.89. The SMILES string of the molecule is Cc1cncc(Cl)c1CSc1nc2c(c(OCOC(=O)C(C)(C)CCCC(=O)O)n1)CCC2. The number of carbonyl (C=O) groups excluding carboxylic acids is 1. The minimum Gasteiger partial charge on any atom is -0.481 e. The largest absolute Gasteiger partial charge is 0.481 e. The van der Waals surface area contributed by atoms with Crippen LogP contribution in [0, 0.1) is 12.3 Å². The highest BCUT2D eigenvalue weighted by Crippen LogP contribution is 2.33. The summed E-state index contributed by atoms with van der Waals surface area (Å²) in [6.07, 6.45) is 6.88. The zero-order valence-corrected chi connectivity index (χ0v) is 20.6. The third-order valence-electron chi connectivity index (χ3n) is 5.57. The summed E-state index contributed by atoms with van der Waals surface area (Å²) in [5, 5.41) is 9.98. The molecule has 8 nitrogen and oxygen atoms in total. The highest BCUT2D eigenvalue weighted by Gasteiger charge is 2.29. The van der Waals surface area contributed by atoms with Crippen LogP contribution in [-0.4, -0.2) is 38.8 Å². The normalized spacial score (nSPS) is 13.0. The van der Waals surface area contributed by atoms with Crippen LogP contribution in [0.5, 0.6) is 5.88 Å². The summed E-state index contributed by atoms with van der Waals surface area (Å²) in [7, 11) is 0. The molecule has 2 aromatic heterocycles. The molecule has 0 fully saturated rings. The number of aromatic nitrogens is 3. The van der Waals surface area contributed by atoms with E-state index in [9.17, 15) is 9.59 Å². The number of rotatable bonds is 11. The molecular weight excluding hydrogens is 466 g/mol. The number of halogens is 1. The number of esters is 1. The average molecular weight is 494 g/mol. The summed E-state index contributed by atoms with van der Waals surface area (Å²) in [5.74, 6) is -0.273. The first-order valence-electron chi connectivity index (χ1n) is 10.8. The van der Waals surface area contributed by atoms with Crippen LogP contribution in [0.3, 0.4) is 0 Å². The Labute approximate surface area is 202 Å². The lowest BCUT2D eigenvalue weighted by atomic mass is 9.87. The molecule has 0 atom stereocenters. The lowest BCUT2D eigenvalue weighted by molar-refractivity contribution is -0.161. The molecule has 0 radical (unpaired) electrons. The summed E-state index contributed by atoms with van der Waals surface area (Å²) in [6, 6.07) is 0. The van der Waals surface area contributed by atoms with Crippen LogP contribution >= 0.6 is 23.4 Å². The Kier molecular flexibility index (Phi) is 8.53. The van der Waals surface area contributed by atoms with E-state index >= 15 is 0 Å². The van der Waals surface area contributed by atoms with Gasteiger partial charge in [0, 0.05) is 30.1 Å². The van der Waals surface area contributed by atoms with Crippen LogP contribution in [0.1, 0.15) is 61.9 Å². The first-order valence-corrected chi connectivity index (χ1v) is 12.2. The number of nitrogens with zero attached hydrogens (tertiary/aromatic N) is 3. The maximum absolute atomic E-state index is 12.5. The number of aryl methyl sites for hydroxylation is 2. The quantitative estimate of drug-likeness (QED) is 0.204. The fraction of sp³-hybridized carbons (Fsp3) is 0.522. The van der Waals surface area contributed by atoms with Crippen LogP contribution in [-0.2, 0) is 32.9 Å². The van der Waals surface area contributed by atoms with Gasteiger partial charge in [0.15, 0.2) is 5.16 Å². The van der Waals surface area contributed by atoms with E-state index in [2.05, 4.69) is 15.0 Å². The minimum absolute atomic E-state index is 0.0188. The molecule has 0 aliphatic heterocycles. The zero-order chi connectivity index (χ0) is 24.0. The summed E-state index contributed by atoms with van der Waals surface area (Å²) in [5.41, 5.74) is 3.11. The van der Waals surface area contributed by atoms with Crippen molar-refractivity contribution in [2.45, 2.75) is 70.2 Å². The van der Waals surface area contributed by atoms with Gasteiger partial charge in [-0.05, 0) is 64.0 Å². The van der Waals surface area contributed by atoms with Gasteiger partial charge in [0.2, 0.25) is 12.7 Å². The number of hydrogen-bond acceptors (Lipinski definition) is 8. The van der Waals surface area contributed by atoms with E-state index < -0.39 is 17.4 Å². The van der Waals surface area contributed by atoms with E-state index in [-0.39, 0.29) is 13.2 Å². The molecule has 1 aliphatic rings. The van der Waals surface area contributed by atoms with Gasteiger partial charge in [0.25, 0.3) is 0 Å². The van der Waals surface area contributed by atoms with Gasteiger partial charge in [-0.15, -0.1) is 0 Å². The first kappa shape index (κ1) is 25.2. The van der Waals surface area contributed by atoms with Crippen molar-refractivity contribution in [3.05, 3.63) is 39.8 Å². The lowest BCUT2D eigenvalue weighted by Gasteiger charge is -2.22. The number of fused-ring (bicyclic) bond motifs is 1. The maximum atomic E-state index is 12.5. The molecule has 3 rings (SSSR count). The second kappa shape index (κ2) is 11.2. The van der Waals surface area contributed by atoms with E-state index in [1.54, 1.807) is 26.2 Å². The smallest absolute Gasteiger partial charge is 0.314 e. The molecular formula is C23H28ClN3O5S. The van der Waals surface area contributed by atoms with Crippen LogP contribution in [0.15, 0.2) is 17.6 Å². The molecule has 178 valence electrons. The number of thioether (sulfide) groups is 1. The molecule has 2 aromatic rings. The van der Waals surface area contributed by atoms with E-state index in [1.165, 1.54) is 11.8 Å². The molecule has 1 aliphatic carbocycles. The number of ether oxygens (including phenoxy) is 2. The van der Waals surface area contributed by atoms with Gasteiger partial charge in [0.1, 0.15) is 0 Å². The van der Waals surface area contributed by atoms with Gasteiger partial charge in [-0.1, -0.05) is 23.4 Å². The van der Waals surface area contributed by atoms with Crippen LogP contribution < -0.4 is 4.74 Å². The molecule has 0 saturated heterocycles. The molecule has 1 N–H and O–H groups in total. The maximum Gasteiger partial charge on any atom is 0.314 e. The summed E-state index contributed by atoms with van der Waals surface area (Å²) in [4.78, 5) is 36.5. The number of pyridine rings is 1. The van der Waals surface area contributed by atoms with Crippen molar-refractivity contribution in [3.8, 4) is 5.88 Å². The van der Waals surface area contributed by atoms with Crippen molar-refractivity contribution >= 4 is 35.3 Å². The Hall–Kier alpha value is -2.39. The predicted octanol–water partition coefficient (Wildman–Crippen LogP) is 4.78. The summed E-state index contributed by atoms with van der Waals surface area (Å²) < 4.78 is 11.1. The van der Waals surface area contributed by atoms with Crippen LogP contribution in [0.2, 0.25) is 5.02 Å². The van der Waals surface area contributed by atoms with Gasteiger partial charge < -0.3 is 14.6 Å². The number of carboxylic acids is 1. The Morgan fingerprint density at radius 3 is 2.76 bits per heavy atom. The molecule has 0 aromatic carbocycles. The fourth-order valence-electron chi connectivity index (χ4n) is 3.56. The lowest BCUT2D eigenvalue weighted by Crippen LogP contribution is -2.28.